The summed E-state index contributed by atoms with van der Waals surface area (Å²) in [6.45, 7) is 3.60. The number of esters is 1. The van der Waals surface area contributed by atoms with Gasteiger partial charge < -0.3 is 9.84 Å². The number of hydrogen-bond donors (Lipinski definition) is 1. The third kappa shape index (κ3) is 5.61. The van der Waals surface area contributed by atoms with Crippen LogP contribution in [0.3, 0.4) is 0 Å². The summed E-state index contributed by atoms with van der Waals surface area (Å²) < 4.78 is 4.65. The van der Waals surface area contributed by atoms with Gasteiger partial charge in [0.2, 0.25) is 0 Å². The molecule has 11 heavy (non-hydrogen) atoms. The molecule has 0 spiro atoms. The molecule has 0 aliphatic rings. The van der Waals surface area contributed by atoms with Gasteiger partial charge in [0.25, 0.3) is 0 Å². The molecule has 0 aromatic carbocycles. The molecule has 0 heterocycles. The molecule has 3 heteroatoms. The van der Waals surface area contributed by atoms with Crippen LogP contribution in [0.5, 0.6) is 0 Å². The molecule has 0 fully saturated rings. The molecular weight excluding hydrogens is 144 g/mol. The van der Waals surface area contributed by atoms with Crippen LogP contribution >= 0.6 is 0 Å². The summed E-state index contributed by atoms with van der Waals surface area (Å²) >= 11 is 0. The number of carbonyl (C=O) groups excluding carboxylic acids is 1. The molecule has 1 N–H and O–H groups in total. The summed E-state index contributed by atoms with van der Waals surface area (Å²) in [5.41, 5.74) is 0.895. The van der Waals surface area contributed by atoms with Crippen LogP contribution in [0.4, 0.5) is 0 Å². The normalized spacial score (nSPS) is 11.4. The summed E-state index contributed by atoms with van der Waals surface area (Å²) in [5.74, 6) is -0.297. The van der Waals surface area contributed by atoms with E-state index in [2.05, 4.69) is 4.74 Å². The Morgan fingerprint density at radius 1 is 1.64 bits per heavy atom. The summed E-state index contributed by atoms with van der Waals surface area (Å²) in [6.07, 6.45) is 2.51. The van der Waals surface area contributed by atoms with Gasteiger partial charge in [-0.05, 0) is 18.1 Å². The number of hydrogen-bond acceptors (Lipinski definition) is 3. The number of aliphatic hydroxyl groups is 1. The molecule has 0 unspecified atom stereocenters. The first-order valence-electron chi connectivity index (χ1n) is 3.62. The lowest BCUT2D eigenvalue weighted by Gasteiger charge is -1.99. The third-order valence-electron chi connectivity index (χ3n) is 1.32. The van der Waals surface area contributed by atoms with Crippen LogP contribution in [0.15, 0.2) is 11.6 Å². The maximum atomic E-state index is 10.3. The number of ether oxygens (including phenoxy) is 1. The SMILES string of the molecule is CC/C(=C/COC(C)=O)CO. The topological polar surface area (TPSA) is 46.5 Å². The smallest absolute Gasteiger partial charge is 0.302 e. The highest BCUT2D eigenvalue weighted by Gasteiger charge is 1.92. The van der Waals surface area contributed by atoms with E-state index in [1.807, 2.05) is 6.92 Å². The Hall–Kier alpha value is -0.830. The van der Waals surface area contributed by atoms with Gasteiger partial charge in [0, 0.05) is 6.92 Å². The zero-order valence-electron chi connectivity index (χ0n) is 6.96. The molecule has 0 saturated carbocycles. The summed E-state index contributed by atoms with van der Waals surface area (Å²) in [6, 6.07) is 0. The molecule has 0 rings (SSSR count). The predicted molar refractivity (Wildman–Crippen MR) is 42.1 cm³/mol. The minimum atomic E-state index is -0.297. The lowest BCUT2D eigenvalue weighted by molar-refractivity contribution is -0.139. The number of carbonyl (C=O) groups is 1. The molecule has 0 aromatic rings. The molecule has 3 nitrogen and oxygen atoms in total. The standard InChI is InChI=1S/C8H14O3/c1-3-8(6-9)4-5-11-7(2)10/h4,9H,3,5-6H2,1-2H3/b8-4-. The Labute approximate surface area is 66.7 Å². The van der Waals surface area contributed by atoms with Gasteiger partial charge in [0.15, 0.2) is 0 Å². The van der Waals surface area contributed by atoms with Crippen molar-refractivity contribution in [3.05, 3.63) is 11.6 Å². The van der Waals surface area contributed by atoms with Gasteiger partial charge >= 0.3 is 5.97 Å². The van der Waals surface area contributed by atoms with Crippen molar-refractivity contribution in [2.45, 2.75) is 20.3 Å². The van der Waals surface area contributed by atoms with Gasteiger partial charge in [0.1, 0.15) is 6.61 Å². The molecule has 0 atom stereocenters. The number of rotatable bonds is 4. The third-order valence-corrected chi connectivity index (χ3v) is 1.32. The lowest BCUT2D eigenvalue weighted by Crippen LogP contribution is -1.99. The summed E-state index contributed by atoms with van der Waals surface area (Å²) in [7, 11) is 0. The van der Waals surface area contributed by atoms with Gasteiger partial charge in [-0.1, -0.05) is 6.92 Å². The van der Waals surface area contributed by atoms with Gasteiger partial charge in [-0.2, -0.15) is 0 Å². The molecular formula is C8H14O3. The maximum absolute atomic E-state index is 10.3. The fraction of sp³-hybridized carbons (Fsp3) is 0.625. The zero-order chi connectivity index (χ0) is 8.69. The molecule has 64 valence electrons. The largest absolute Gasteiger partial charge is 0.462 e. The van der Waals surface area contributed by atoms with E-state index in [0.717, 1.165) is 12.0 Å². The molecule has 0 aliphatic heterocycles. The van der Waals surface area contributed by atoms with Crippen molar-refractivity contribution in [3.63, 3.8) is 0 Å². The van der Waals surface area contributed by atoms with Crippen molar-refractivity contribution in [1.29, 1.82) is 0 Å². The Bertz CT molecular complexity index is 143. The van der Waals surface area contributed by atoms with Crippen LogP contribution in [0, 0.1) is 0 Å². The van der Waals surface area contributed by atoms with Crippen molar-refractivity contribution in [3.8, 4) is 0 Å². The van der Waals surface area contributed by atoms with Crippen molar-refractivity contribution >= 4 is 5.97 Å². The van der Waals surface area contributed by atoms with E-state index in [9.17, 15) is 4.79 Å². The van der Waals surface area contributed by atoms with Gasteiger partial charge in [-0.15, -0.1) is 0 Å². The Kier molecular flexibility index (Phi) is 5.47. The second-order valence-electron chi connectivity index (χ2n) is 2.18. The average molecular weight is 158 g/mol. The molecule has 0 amide bonds. The molecule has 0 radical (unpaired) electrons. The fourth-order valence-corrected chi connectivity index (χ4v) is 0.598. The van der Waals surface area contributed by atoms with E-state index in [4.69, 9.17) is 5.11 Å². The van der Waals surface area contributed by atoms with Crippen molar-refractivity contribution in [2.24, 2.45) is 0 Å². The van der Waals surface area contributed by atoms with E-state index in [1.165, 1.54) is 6.92 Å². The van der Waals surface area contributed by atoms with Crippen molar-refractivity contribution < 1.29 is 14.6 Å². The molecule has 0 aliphatic carbocycles. The second-order valence-corrected chi connectivity index (χ2v) is 2.18. The van der Waals surface area contributed by atoms with E-state index in [-0.39, 0.29) is 19.2 Å². The minimum absolute atomic E-state index is 0.0394. The van der Waals surface area contributed by atoms with Gasteiger partial charge in [-0.25, -0.2) is 0 Å². The number of aliphatic hydroxyl groups excluding tert-OH is 1. The maximum Gasteiger partial charge on any atom is 0.302 e. The molecule has 0 saturated heterocycles. The van der Waals surface area contributed by atoms with Crippen LogP contribution in [0.1, 0.15) is 20.3 Å². The summed E-state index contributed by atoms with van der Waals surface area (Å²) in [5, 5.41) is 8.68. The average Bonchev–Trinajstić information content (AvgIpc) is 1.98. The van der Waals surface area contributed by atoms with Crippen LogP contribution in [-0.4, -0.2) is 24.3 Å². The van der Waals surface area contributed by atoms with Gasteiger partial charge in [0.05, 0.1) is 6.61 Å². The Balaban J connectivity index is 3.61. The highest BCUT2D eigenvalue weighted by molar-refractivity contribution is 5.66. The molecule has 0 aromatic heterocycles. The van der Waals surface area contributed by atoms with Crippen LogP contribution in [0.2, 0.25) is 0 Å². The van der Waals surface area contributed by atoms with Crippen LogP contribution in [-0.2, 0) is 9.53 Å². The van der Waals surface area contributed by atoms with Crippen molar-refractivity contribution in [2.75, 3.05) is 13.2 Å². The zero-order valence-corrected chi connectivity index (χ0v) is 6.96. The predicted octanol–water partition coefficient (Wildman–Crippen LogP) is 0.878. The van der Waals surface area contributed by atoms with E-state index in [1.54, 1.807) is 6.08 Å². The first kappa shape index (κ1) is 10.2. The molecule has 0 bridgehead atoms. The van der Waals surface area contributed by atoms with E-state index < -0.39 is 0 Å². The Morgan fingerprint density at radius 3 is 2.64 bits per heavy atom. The van der Waals surface area contributed by atoms with Crippen LogP contribution < -0.4 is 0 Å². The first-order valence-corrected chi connectivity index (χ1v) is 3.62. The van der Waals surface area contributed by atoms with Gasteiger partial charge in [-0.3, -0.25) is 4.79 Å². The lowest BCUT2D eigenvalue weighted by atomic mass is 10.2. The quantitative estimate of drug-likeness (QED) is 0.488. The van der Waals surface area contributed by atoms with E-state index >= 15 is 0 Å². The minimum Gasteiger partial charge on any atom is -0.462 e. The highest BCUT2D eigenvalue weighted by atomic mass is 16.5. The van der Waals surface area contributed by atoms with Crippen molar-refractivity contribution in [1.82, 2.24) is 0 Å². The first-order chi connectivity index (χ1) is 5.20. The van der Waals surface area contributed by atoms with Crippen LogP contribution in [0.25, 0.3) is 0 Å². The highest BCUT2D eigenvalue weighted by Crippen LogP contribution is 1.97. The fourth-order valence-electron chi connectivity index (χ4n) is 0.598. The Morgan fingerprint density at radius 2 is 2.27 bits per heavy atom. The second kappa shape index (κ2) is 5.92. The summed E-state index contributed by atoms with van der Waals surface area (Å²) in [4.78, 5) is 10.3. The van der Waals surface area contributed by atoms with E-state index in [0.29, 0.717) is 0 Å². The monoisotopic (exact) mass is 158 g/mol.